The number of fused-ring (bicyclic) bond motifs is 1. The molecule has 1 fully saturated rings. The normalized spacial score (nSPS) is 13.6. The largest absolute Gasteiger partial charge is 0.338 e. The van der Waals surface area contributed by atoms with Crippen molar-refractivity contribution >= 4 is 69.0 Å². The quantitative estimate of drug-likeness (QED) is 0.273. The predicted molar refractivity (Wildman–Crippen MR) is 173 cm³/mol. The van der Waals surface area contributed by atoms with Gasteiger partial charge < -0.3 is 10.6 Å². The van der Waals surface area contributed by atoms with Crippen molar-refractivity contribution in [3.8, 4) is 5.69 Å². The van der Waals surface area contributed by atoms with E-state index in [0.29, 0.717) is 16.4 Å². The van der Waals surface area contributed by atoms with Crippen LogP contribution in [0.5, 0.6) is 0 Å². The van der Waals surface area contributed by atoms with Gasteiger partial charge in [-0.2, -0.15) is 0 Å². The predicted octanol–water partition coefficient (Wildman–Crippen LogP) is 4.43. The number of halogens is 4. The second-order valence-corrected chi connectivity index (χ2v) is 11.9. The summed E-state index contributed by atoms with van der Waals surface area (Å²) in [5.74, 6) is -1.78. The first-order valence-electron chi connectivity index (χ1n) is 13.2. The van der Waals surface area contributed by atoms with Crippen LogP contribution >= 0.6 is 35.0 Å². The first kappa shape index (κ1) is 32.4. The van der Waals surface area contributed by atoms with Crippen molar-refractivity contribution in [2.45, 2.75) is 38.8 Å². The zero-order valence-corrected chi connectivity index (χ0v) is 27.0. The third-order valence-electron chi connectivity index (χ3n) is 7.56. The highest BCUT2D eigenvalue weighted by Gasteiger charge is 2.32. The summed E-state index contributed by atoms with van der Waals surface area (Å²) in [6.07, 6.45) is 1.21. The highest BCUT2D eigenvalue weighted by molar-refractivity contribution is 14.1. The zero-order valence-electron chi connectivity index (χ0n) is 24.0. The summed E-state index contributed by atoms with van der Waals surface area (Å²) < 4.78 is 34.0. The fourth-order valence-corrected chi connectivity index (χ4v) is 5.25. The van der Waals surface area contributed by atoms with E-state index < -0.39 is 40.4 Å². The van der Waals surface area contributed by atoms with Gasteiger partial charge in [-0.3, -0.25) is 33.0 Å². The molecule has 1 unspecified atom stereocenters. The van der Waals surface area contributed by atoms with E-state index >= 15 is 0 Å². The second kappa shape index (κ2) is 12.2. The molecule has 2 heterocycles. The number of carbonyl (C=O) groups is 1. The van der Waals surface area contributed by atoms with Crippen molar-refractivity contribution in [1.82, 2.24) is 18.6 Å². The molecule has 1 aliphatic carbocycles. The fraction of sp³-hybridized carbons (Fsp3) is 0.310. The molecule has 43 heavy (non-hydrogen) atoms. The van der Waals surface area contributed by atoms with E-state index in [9.17, 15) is 28.0 Å². The monoisotopic (exact) mass is 726 g/mol. The maximum absolute atomic E-state index is 14.9. The van der Waals surface area contributed by atoms with Gasteiger partial charge in [-0.05, 0) is 99.8 Å². The van der Waals surface area contributed by atoms with Crippen LogP contribution in [0.2, 0.25) is 0 Å². The number of carbonyl (C=O) groups excluding carboxylic acids is 1. The maximum atomic E-state index is 14.9. The Hall–Kier alpha value is -3.56. The Labute approximate surface area is 264 Å². The molecular weight excluding hydrogens is 697 g/mol. The number of hydrogen-bond acceptors (Lipinski definition) is 6. The molecule has 0 saturated heterocycles. The van der Waals surface area contributed by atoms with Crippen LogP contribution in [-0.4, -0.2) is 44.6 Å². The lowest BCUT2D eigenvalue weighted by Gasteiger charge is -2.21. The fourth-order valence-electron chi connectivity index (χ4n) is 4.79. The van der Waals surface area contributed by atoms with Gasteiger partial charge in [0.15, 0.2) is 0 Å². The minimum Gasteiger partial charge on any atom is -0.338 e. The number of likely N-dealkylation sites (N-methyl/N-ethyl adjacent to an activating group) is 1. The number of aryl methyl sites for hydroxylation is 1. The van der Waals surface area contributed by atoms with Crippen LogP contribution in [0.15, 0.2) is 50.8 Å². The summed E-state index contributed by atoms with van der Waals surface area (Å²) >= 11 is 1.97. The number of amides is 1. The minimum absolute atomic E-state index is 0. The average Bonchev–Trinajstić information content (AvgIpc) is 3.77. The Balaban J connectivity index is 0.00000423. The maximum Gasteiger partial charge on any atom is 0.336 e. The molecule has 1 aliphatic rings. The Bertz CT molecular complexity index is 1950. The first-order valence-corrected chi connectivity index (χ1v) is 14.3. The molecule has 1 atom stereocenters. The molecule has 4 aromatic rings. The topological polar surface area (TPSA) is 110 Å². The second-order valence-electron chi connectivity index (χ2n) is 10.6. The van der Waals surface area contributed by atoms with Crippen LogP contribution in [0.1, 0.15) is 31.4 Å². The van der Waals surface area contributed by atoms with Crippen molar-refractivity contribution < 1.29 is 13.6 Å². The van der Waals surface area contributed by atoms with Gasteiger partial charge >= 0.3 is 5.69 Å². The van der Waals surface area contributed by atoms with Gasteiger partial charge in [0.1, 0.15) is 22.8 Å². The molecule has 0 bridgehead atoms. The van der Waals surface area contributed by atoms with Gasteiger partial charge in [0.05, 0.1) is 28.6 Å². The van der Waals surface area contributed by atoms with E-state index in [1.165, 1.54) is 47.4 Å². The van der Waals surface area contributed by atoms with Crippen molar-refractivity contribution in [2.24, 2.45) is 7.05 Å². The van der Waals surface area contributed by atoms with Gasteiger partial charge in [-0.25, -0.2) is 13.6 Å². The minimum atomic E-state index is -0.727. The summed E-state index contributed by atoms with van der Waals surface area (Å²) in [5, 5.41) is 5.46. The number of nitrogens with zero attached hydrogens (tertiary/aromatic N) is 4. The van der Waals surface area contributed by atoms with Crippen LogP contribution in [0.4, 0.5) is 26.0 Å². The molecule has 10 nitrogen and oxygen atoms in total. The van der Waals surface area contributed by atoms with E-state index in [-0.39, 0.29) is 57.8 Å². The number of anilines is 3. The van der Waals surface area contributed by atoms with Crippen LogP contribution in [0, 0.1) is 22.1 Å². The van der Waals surface area contributed by atoms with E-state index in [2.05, 4.69) is 10.6 Å². The van der Waals surface area contributed by atoms with Gasteiger partial charge in [0.25, 0.3) is 11.1 Å². The SMILES string of the molecule is Cc1c(=O)n(C)c(Nc2ccc(I)cc2F)c2c(=O)n(C3CC3)c(=O)n(-c3ccc(F)c(NC(=O)C(C)N(C)C)c3)c12.Cl. The standard InChI is InChI=1S/C29H29F2IN6O4.ClH/c1-14-24-23(25(36(5)27(14)40)33-21-11-6-16(32)12-20(21)31)28(41)38(17-7-8-17)29(42)37(24)18-9-10-19(30)22(13-18)34-26(39)15(2)35(3)4;/h6,9-13,15,17,33H,7-8H2,1-5H3,(H,34,39);1H. The van der Waals surface area contributed by atoms with Crippen molar-refractivity contribution in [1.29, 1.82) is 0 Å². The van der Waals surface area contributed by atoms with Gasteiger partial charge in [-0.15, -0.1) is 12.4 Å². The molecule has 5 rings (SSSR count). The summed E-state index contributed by atoms with van der Waals surface area (Å²) in [4.78, 5) is 55.8. The first-order chi connectivity index (χ1) is 19.8. The molecule has 1 saturated carbocycles. The molecular formula is C29H30ClF2IN6O4. The lowest BCUT2D eigenvalue weighted by Crippen LogP contribution is -2.41. The lowest BCUT2D eigenvalue weighted by atomic mass is 10.1. The Kier molecular flexibility index (Phi) is 9.19. The Morgan fingerprint density at radius 1 is 1.02 bits per heavy atom. The molecule has 0 radical (unpaired) electrons. The summed E-state index contributed by atoms with van der Waals surface area (Å²) in [7, 11) is 4.87. The van der Waals surface area contributed by atoms with E-state index in [1.807, 2.05) is 22.6 Å². The molecule has 2 N–H and O–H groups in total. The number of benzene rings is 2. The number of rotatable bonds is 7. The molecule has 228 valence electrons. The van der Waals surface area contributed by atoms with Crippen LogP contribution < -0.4 is 27.4 Å². The van der Waals surface area contributed by atoms with Gasteiger partial charge in [-0.1, -0.05) is 0 Å². The Morgan fingerprint density at radius 3 is 2.30 bits per heavy atom. The number of hydrogen-bond donors (Lipinski definition) is 2. The zero-order chi connectivity index (χ0) is 30.6. The highest BCUT2D eigenvalue weighted by Crippen LogP contribution is 2.34. The summed E-state index contributed by atoms with van der Waals surface area (Å²) in [5.41, 5.74) is -1.76. The van der Waals surface area contributed by atoms with Gasteiger partial charge in [0.2, 0.25) is 5.91 Å². The van der Waals surface area contributed by atoms with Crippen LogP contribution in [0.25, 0.3) is 16.6 Å². The lowest BCUT2D eigenvalue weighted by molar-refractivity contribution is -0.119. The number of nitrogens with one attached hydrogen (secondary N) is 2. The third-order valence-corrected chi connectivity index (χ3v) is 8.23. The molecule has 2 aromatic carbocycles. The molecule has 0 spiro atoms. The summed E-state index contributed by atoms with van der Waals surface area (Å²) in [6, 6.07) is 7.27. The van der Waals surface area contributed by atoms with E-state index in [1.54, 1.807) is 32.0 Å². The third kappa shape index (κ3) is 5.85. The van der Waals surface area contributed by atoms with E-state index in [0.717, 1.165) is 10.6 Å². The van der Waals surface area contributed by atoms with Crippen LogP contribution in [-0.2, 0) is 11.8 Å². The highest BCUT2D eigenvalue weighted by atomic mass is 127. The van der Waals surface area contributed by atoms with Crippen molar-refractivity contribution in [3.05, 3.63) is 88.4 Å². The molecule has 2 aromatic heterocycles. The van der Waals surface area contributed by atoms with E-state index in [4.69, 9.17) is 0 Å². The van der Waals surface area contributed by atoms with Crippen LogP contribution in [0.3, 0.4) is 0 Å². The summed E-state index contributed by atoms with van der Waals surface area (Å²) in [6.45, 7) is 3.15. The van der Waals surface area contributed by atoms with Crippen molar-refractivity contribution in [2.75, 3.05) is 24.7 Å². The molecule has 1 amide bonds. The Morgan fingerprint density at radius 2 is 1.70 bits per heavy atom. The molecule has 0 aliphatic heterocycles. The smallest absolute Gasteiger partial charge is 0.336 e. The number of aromatic nitrogens is 3. The van der Waals surface area contributed by atoms with Gasteiger partial charge in [0, 0.05) is 22.2 Å². The average molecular weight is 727 g/mol. The number of pyridine rings is 1. The molecule has 14 heteroatoms. The van der Waals surface area contributed by atoms with Crippen molar-refractivity contribution in [3.63, 3.8) is 0 Å².